The lowest BCUT2D eigenvalue weighted by atomic mass is 9.83. The Morgan fingerprint density at radius 2 is 1.76 bits per heavy atom. The summed E-state index contributed by atoms with van der Waals surface area (Å²) in [5.41, 5.74) is 2.91. The number of nitrogens with zero attached hydrogens (tertiary/aromatic N) is 4. The van der Waals surface area contributed by atoms with Crippen molar-refractivity contribution >= 4 is 6.03 Å². The number of carbonyl (C=O) groups excluding carboxylic acids is 1. The smallest absolute Gasteiger partial charge is 0.378 e. The molecule has 3 heterocycles. The second-order valence-electron chi connectivity index (χ2n) is 9.77. The standard InChI is InChI=1S/C28H31F3N4O2/c1-2-20-6-8-21(9-7-20)22-14-23(17-34(16-22)27(36)33-10-12-37-13-11-33)26-18-35(19-32-26)25-5-3-4-24(15-25)28(29,30)31/h3-9,15,18-19,22-23H,2,10-14,16-17H2,1H3. The fourth-order valence-electron chi connectivity index (χ4n) is 5.22. The fraction of sp³-hybridized carbons (Fsp3) is 0.429. The maximum Gasteiger partial charge on any atom is 0.416 e. The molecule has 2 saturated heterocycles. The van der Waals surface area contributed by atoms with Crippen LogP contribution in [0.2, 0.25) is 0 Å². The highest BCUT2D eigenvalue weighted by Crippen LogP contribution is 2.36. The van der Waals surface area contributed by atoms with Crippen LogP contribution in [0.1, 0.15) is 47.6 Å². The lowest BCUT2D eigenvalue weighted by Gasteiger charge is -2.40. The minimum atomic E-state index is -4.41. The highest BCUT2D eigenvalue weighted by atomic mass is 19.4. The zero-order chi connectivity index (χ0) is 26.0. The monoisotopic (exact) mass is 512 g/mol. The number of halogens is 3. The van der Waals surface area contributed by atoms with Gasteiger partial charge in [0.25, 0.3) is 0 Å². The maximum atomic E-state index is 13.4. The molecule has 0 saturated carbocycles. The Labute approximate surface area is 214 Å². The predicted molar refractivity (Wildman–Crippen MR) is 134 cm³/mol. The number of hydrogen-bond acceptors (Lipinski definition) is 3. The van der Waals surface area contributed by atoms with Gasteiger partial charge in [0.15, 0.2) is 0 Å². The minimum absolute atomic E-state index is 0.000453. The van der Waals surface area contributed by atoms with Gasteiger partial charge >= 0.3 is 12.2 Å². The first kappa shape index (κ1) is 25.3. The average Bonchev–Trinajstić information content (AvgIpc) is 3.43. The molecule has 2 unspecified atom stereocenters. The molecule has 0 aliphatic carbocycles. The molecular weight excluding hydrogens is 481 g/mol. The Hall–Kier alpha value is -3.33. The van der Waals surface area contributed by atoms with E-state index in [0.29, 0.717) is 45.1 Å². The van der Waals surface area contributed by atoms with Crippen molar-refractivity contribution in [1.82, 2.24) is 19.4 Å². The summed E-state index contributed by atoms with van der Waals surface area (Å²) in [7, 11) is 0. The third kappa shape index (κ3) is 5.66. The van der Waals surface area contributed by atoms with E-state index in [4.69, 9.17) is 4.74 Å². The van der Waals surface area contributed by atoms with Crippen LogP contribution in [0.25, 0.3) is 5.69 Å². The van der Waals surface area contributed by atoms with Crippen molar-refractivity contribution in [2.24, 2.45) is 0 Å². The van der Waals surface area contributed by atoms with Crippen molar-refractivity contribution in [3.05, 3.63) is 83.4 Å². The third-order valence-corrected chi connectivity index (χ3v) is 7.35. The average molecular weight is 513 g/mol. The molecule has 5 rings (SSSR count). The van der Waals surface area contributed by atoms with Gasteiger partial charge in [-0.15, -0.1) is 0 Å². The van der Waals surface area contributed by atoms with E-state index in [-0.39, 0.29) is 17.9 Å². The molecule has 2 amide bonds. The van der Waals surface area contributed by atoms with E-state index in [1.807, 2.05) is 9.80 Å². The lowest BCUT2D eigenvalue weighted by Crippen LogP contribution is -2.52. The number of ether oxygens (including phenoxy) is 1. The van der Waals surface area contributed by atoms with Crippen LogP contribution >= 0.6 is 0 Å². The van der Waals surface area contributed by atoms with Crippen LogP contribution in [0.3, 0.4) is 0 Å². The Kier molecular flexibility index (Phi) is 7.24. The van der Waals surface area contributed by atoms with Gasteiger partial charge in [-0.2, -0.15) is 13.2 Å². The molecule has 9 heteroatoms. The summed E-state index contributed by atoms with van der Waals surface area (Å²) < 4.78 is 46.7. The first-order valence-electron chi connectivity index (χ1n) is 12.7. The highest BCUT2D eigenvalue weighted by molar-refractivity contribution is 5.75. The van der Waals surface area contributed by atoms with Crippen molar-refractivity contribution < 1.29 is 22.7 Å². The van der Waals surface area contributed by atoms with Crippen LogP contribution in [0.5, 0.6) is 0 Å². The summed E-state index contributed by atoms with van der Waals surface area (Å²) in [6.07, 6.45) is 0.697. The van der Waals surface area contributed by atoms with Crippen LogP contribution < -0.4 is 0 Å². The van der Waals surface area contributed by atoms with E-state index < -0.39 is 11.7 Å². The van der Waals surface area contributed by atoms with Crippen molar-refractivity contribution in [3.63, 3.8) is 0 Å². The topological polar surface area (TPSA) is 50.6 Å². The number of hydrogen-bond donors (Lipinski definition) is 0. The minimum Gasteiger partial charge on any atom is -0.378 e. The summed E-state index contributed by atoms with van der Waals surface area (Å²) in [5, 5.41) is 0. The van der Waals surface area contributed by atoms with Gasteiger partial charge in [-0.05, 0) is 42.2 Å². The first-order valence-corrected chi connectivity index (χ1v) is 12.7. The number of alkyl halides is 3. The largest absolute Gasteiger partial charge is 0.416 e. The Bertz CT molecular complexity index is 1220. The quantitative estimate of drug-likeness (QED) is 0.465. The van der Waals surface area contributed by atoms with E-state index >= 15 is 0 Å². The fourth-order valence-corrected chi connectivity index (χ4v) is 5.22. The molecule has 0 N–H and O–H groups in total. The van der Waals surface area contributed by atoms with Gasteiger partial charge in [-0.1, -0.05) is 37.3 Å². The molecule has 6 nitrogen and oxygen atoms in total. The number of imidazole rings is 1. The van der Waals surface area contributed by atoms with Gasteiger partial charge in [-0.25, -0.2) is 9.78 Å². The molecule has 1 aromatic heterocycles. The van der Waals surface area contributed by atoms with E-state index in [2.05, 4.69) is 36.2 Å². The molecule has 0 radical (unpaired) electrons. The van der Waals surface area contributed by atoms with Gasteiger partial charge in [-0.3, -0.25) is 0 Å². The van der Waals surface area contributed by atoms with Crippen molar-refractivity contribution in [1.29, 1.82) is 0 Å². The third-order valence-electron chi connectivity index (χ3n) is 7.35. The highest BCUT2D eigenvalue weighted by Gasteiger charge is 2.35. The molecule has 0 bridgehead atoms. The van der Waals surface area contributed by atoms with E-state index in [1.54, 1.807) is 23.2 Å². The van der Waals surface area contributed by atoms with Crippen LogP contribution in [-0.4, -0.2) is 64.8 Å². The second kappa shape index (κ2) is 10.6. The normalized spacial score (nSPS) is 20.8. The Morgan fingerprint density at radius 3 is 2.46 bits per heavy atom. The van der Waals surface area contributed by atoms with Crippen molar-refractivity contribution in [2.75, 3.05) is 39.4 Å². The van der Waals surface area contributed by atoms with Gasteiger partial charge in [0.05, 0.1) is 30.8 Å². The number of likely N-dealkylation sites (tertiary alicyclic amines) is 1. The first-order chi connectivity index (χ1) is 17.8. The van der Waals surface area contributed by atoms with Crippen LogP contribution in [0.4, 0.5) is 18.0 Å². The lowest BCUT2D eigenvalue weighted by molar-refractivity contribution is -0.137. The summed E-state index contributed by atoms with van der Waals surface area (Å²) >= 11 is 0. The zero-order valence-corrected chi connectivity index (χ0v) is 20.8. The number of amides is 2. The predicted octanol–water partition coefficient (Wildman–Crippen LogP) is 5.48. The van der Waals surface area contributed by atoms with Gasteiger partial charge in [0.1, 0.15) is 0 Å². The number of morpholine rings is 1. The zero-order valence-electron chi connectivity index (χ0n) is 20.8. The Morgan fingerprint density at radius 1 is 1.03 bits per heavy atom. The van der Waals surface area contributed by atoms with Crippen LogP contribution in [0, 0.1) is 0 Å². The summed E-state index contributed by atoms with van der Waals surface area (Å²) in [6, 6.07) is 13.8. The number of benzene rings is 2. The van der Waals surface area contributed by atoms with Gasteiger partial charge in [0, 0.05) is 49.9 Å². The maximum absolute atomic E-state index is 13.4. The SMILES string of the molecule is CCc1ccc(C2CC(c3cn(-c4cccc(C(F)(F)F)c4)cn3)CN(C(=O)N3CCOCC3)C2)cc1. The van der Waals surface area contributed by atoms with Crippen LogP contribution in [0.15, 0.2) is 61.1 Å². The van der Waals surface area contributed by atoms with E-state index in [1.165, 1.54) is 17.2 Å². The number of aryl methyl sites for hydroxylation is 1. The number of piperidine rings is 1. The molecule has 2 aliphatic heterocycles. The van der Waals surface area contributed by atoms with Crippen LogP contribution in [-0.2, 0) is 17.3 Å². The number of rotatable bonds is 4. The van der Waals surface area contributed by atoms with Gasteiger partial charge in [0.2, 0.25) is 0 Å². The molecule has 0 spiro atoms. The molecule has 3 aromatic rings. The molecule has 37 heavy (non-hydrogen) atoms. The molecule has 2 fully saturated rings. The van der Waals surface area contributed by atoms with E-state index in [9.17, 15) is 18.0 Å². The molecule has 196 valence electrons. The summed E-state index contributed by atoms with van der Waals surface area (Å²) in [5.74, 6) is 0.0926. The summed E-state index contributed by atoms with van der Waals surface area (Å²) in [6.45, 7) is 5.46. The second-order valence-corrected chi connectivity index (χ2v) is 9.77. The van der Waals surface area contributed by atoms with Crippen molar-refractivity contribution in [2.45, 2.75) is 37.8 Å². The molecule has 2 aliphatic rings. The molecular formula is C28H31F3N4O2. The number of urea groups is 1. The Balaban J connectivity index is 1.41. The molecule has 2 aromatic carbocycles. The number of carbonyl (C=O) groups is 1. The van der Waals surface area contributed by atoms with Crippen molar-refractivity contribution in [3.8, 4) is 5.69 Å². The molecule has 2 atom stereocenters. The summed E-state index contributed by atoms with van der Waals surface area (Å²) in [4.78, 5) is 21.8. The van der Waals surface area contributed by atoms with Gasteiger partial charge < -0.3 is 19.1 Å². The number of aromatic nitrogens is 2. The van der Waals surface area contributed by atoms with E-state index in [0.717, 1.165) is 30.7 Å².